The summed E-state index contributed by atoms with van der Waals surface area (Å²) < 4.78 is 84.8. The van der Waals surface area contributed by atoms with E-state index in [0.29, 0.717) is 59.2 Å². The summed E-state index contributed by atoms with van der Waals surface area (Å²) in [6.07, 6.45) is 3.12. The molecule has 1 aromatic carbocycles. The van der Waals surface area contributed by atoms with Gasteiger partial charge in [-0.2, -0.15) is 36.3 Å². The van der Waals surface area contributed by atoms with Crippen LogP contribution in [0.1, 0.15) is 161 Å². The summed E-state index contributed by atoms with van der Waals surface area (Å²) in [5.74, 6) is 2.59. The fraction of sp³-hybridized carbons (Fsp3) is 0.360. The summed E-state index contributed by atoms with van der Waals surface area (Å²) in [7, 11) is 0. The van der Waals surface area contributed by atoms with Gasteiger partial charge < -0.3 is 54.5 Å². The molecule has 0 saturated carbocycles. The minimum Gasteiger partial charge on any atom is -0.461 e. The number of anilines is 2. The van der Waals surface area contributed by atoms with Crippen LogP contribution in [0.4, 0.5) is 38.0 Å². The molecule has 0 radical (unpaired) electrons. The lowest BCUT2D eigenvalue weighted by Crippen LogP contribution is -2.26. The average molecular weight is 1770 g/mol. The van der Waals surface area contributed by atoms with Crippen molar-refractivity contribution in [1.82, 2.24) is 19.5 Å². The van der Waals surface area contributed by atoms with E-state index in [0.717, 1.165) is 92.6 Å². The number of hydrogen-bond acceptors (Lipinski definition) is 25. The van der Waals surface area contributed by atoms with Crippen LogP contribution in [0.5, 0.6) is 6.01 Å². The Morgan fingerprint density at radius 1 is 0.509 bits per heavy atom. The molecule has 0 amide bonds. The second-order valence-corrected chi connectivity index (χ2v) is 38.3. The zero-order chi connectivity index (χ0) is 80.6. The molecule has 9 aromatic heterocycles. The highest BCUT2D eigenvalue weighted by molar-refractivity contribution is 7.81. The van der Waals surface area contributed by atoms with Gasteiger partial charge in [0.25, 0.3) is 0 Å². The van der Waals surface area contributed by atoms with Crippen LogP contribution in [-0.2, 0) is 76.7 Å². The number of aliphatic imine (C=N–C) groups is 5. The highest BCUT2D eigenvalue weighted by Crippen LogP contribution is 2.46. The number of thiophene rings is 7. The number of ether oxygens (including phenoxy) is 1. The molecule has 0 unspecified atom stereocenters. The minimum atomic E-state index is -4.51. The molecule has 14 heterocycles. The molecule has 0 fully saturated rings. The predicted molar refractivity (Wildman–Crippen MR) is 477 cm³/mol. The number of alkyl halides is 6. The Bertz CT molecular complexity index is 5600. The fourth-order valence-corrected chi connectivity index (χ4v) is 23.7. The molecule has 592 valence electrons. The van der Waals surface area contributed by atoms with E-state index in [9.17, 15) is 26.3 Å². The van der Waals surface area contributed by atoms with Crippen LogP contribution in [0.2, 0.25) is 0 Å². The van der Waals surface area contributed by atoms with Gasteiger partial charge in [-0.25, -0.2) is 29.9 Å². The summed E-state index contributed by atoms with van der Waals surface area (Å²) in [5.41, 5.74) is 50.8. The minimum absolute atomic E-state index is 0. The second kappa shape index (κ2) is 35.9. The molecule has 18 nitrogen and oxygen atoms in total. The lowest BCUT2D eigenvalue weighted by Gasteiger charge is -2.30. The third-order valence-corrected chi connectivity index (χ3v) is 28.2. The maximum absolute atomic E-state index is 12.9. The molecule has 37 heteroatoms. The van der Waals surface area contributed by atoms with E-state index in [1.54, 1.807) is 34.0 Å². The Balaban J connectivity index is 0.000000139. The summed E-state index contributed by atoms with van der Waals surface area (Å²) in [6, 6.07) is 12.1. The topological polar surface area (TPSA) is 317 Å². The summed E-state index contributed by atoms with van der Waals surface area (Å²) in [4.78, 5) is 48.3. The first-order valence-electron chi connectivity index (χ1n) is 34.5. The van der Waals surface area contributed by atoms with E-state index in [2.05, 4.69) is 98.2 Å². The third-order valence-electron chi connectivity index (χ3n) is 18.7. The number of halogens is 6. The van der Waals surface area contributed by atoms with Crippen molar-refractivity contribution in [2.24, 2.45) is 59.0 Å². The second-order valence-electron chi connectivity index (χ2n) is 27.1. The highest BCUT2D eigenvalue weighted by Gasteiger charge is 2.41. The quantitative estimate of drug-likeness (QED) is 0.0586. The first-order chi connectivity index (χ1) is 52.3. The van der Waals surface area contributed by atoms with Crippen molar-refractivity contribution in [2.45, 2.75) is 159 Å². The first kappa shape index (κ1) is 87.2. The number of hydrogen-bond donors (Lipinski definition) is 8. The molecule has 0 saturated heterocycles. The standard InChI is InChI=1S/C15H15N3S2.C13H16N2S2.C11H12N2S2.C10H10F3N3O2S.C9H7F3N2S2.C9H10N2S2.C7H6N2S2.CH4/c1-9-10(2)20-14-12(9)13(16)17-15(19)18(14)8-11-6-4-3-5-7-11;1-13(2)4-3-8-7(6-13)11-9(17-8)5-10(16)15-12(11)14;12-11-10-6-3-1-2-4-7(6)15-8(10)5-9(14)13-11;1-4-6(10(11,12)13)5-7(14)15-9(18-3-2-17)16-8(5)19-4;1-3-7(9(10,11)12)6-4(16-3)2-5(15)14-8(6)13;1-4-5(2)13-6-3-7(12)11-9(10)8(4)6;8-7-4-1-2-11-5(4)3-6(10)9-7;/h3-7H,8H2,1-2H3,(H2,16,17,19);3-6H2,1-2H3,(H2,14,15,16);1-5H2,(H2,12,13,14);17H,2-3H2,1H3,(H2,14,15,16);2H2,1H3,(H2,13,14,15);3H2,1-2H3,(H2,10,11,12);1-2H,3H2,(H2,8,9,10);1H4. The van der Waals surface area contributed by atoms with Crippen molar-refractivity contribution in [2.75, 3.05) is 24.7 Å². The maximum atomic E-state index is 12.9. The van der Waals surface area contributed by atoms with E-state index >= 15 is 0 Å². The Labute approximate surface area is 703 Å². The van der Waals surface area contributed by atoms with Gasteiger partial charge >= 0.3 is 18.4 Å². The number of aryl methyl sites for hydroxylation is 7. The number of amidine groups is 5. The predicted octanol–water partition coefficient (Wildman–Crippen LogP) is 17.7. The number of aromatic nitrogens is 4. The van der Waals surface area contributed by atoms with Gasteiger partial charge in [-0.3, -0.25) is 0 Å². The molecule has 15 N–H and O–H groups in total. The van der Waals surface area contributed by atoms with Crippen LogP contribution >= 0.6 is 153 Å². The van der Waals surface area contributed by atoms with Crippen LogP contribution in [0, 0.1) is 51.7 Å². The van der Waals surface area contributed by atoms with Gasteiger partial charge in [0.1, 0.15) is 82.0 Å². The average Bonchev–Trinajstić information content (AvgIpc) is 1.62. The number of thiocarbonyl (C=S) groups is 5. The number of aliphatic hydroxyl groups is 1. The van der Waals surface area contributed by atoms with Gasteiger partial charge in [0.15, 0.2) is 0 Å². The molecular weight excluding hydrogens is 1690 g/mol. The number of nitrogens with two attached hydrogens (primary N) is 7. The molecule has 17 rings (SSSR count). The molecule has 0 bridgehead atoms. The zero-order valence-corrected chi connectivity index (χ0v) is 71.8. The molecular formula is C75H80F6N16O2S13. The zero-order valence-electron chi connectivity index (χ0n) is 61.1. The fourth-order valence-electron chi connectivity index (χ4n) is 13.5. The van der Waals surface area contributed by atoms with Crippen LogP contribution in [-0.4, -0.2) is 92.0 Å². The van der Waals surface area contributed by atoms with E-state index in [1.807, 2.05) is 52.3 Å². The Morgan fingerprint density at radius 2 is 0.991 bits per heavy atom. The van der Waals surface area contributed by atoms with Gasteiger partial charge in [-0.15, -0.1) is 79.4 Å². The molecule has 0 spiro atoms. The lowest BCUT2D eigenvalue weighted by atomic mass is 9.75. The van der Waals surface area contributed by atoms with Gasteiger partial charge in [0, 0.05) is 114 Å². The monoisotopic (exact) mass is 1770 g/mol. The van der Waals surface area contributed by atoms with Crippen molar-refractivity contribution in [3.63, 3.8) is 0 Å². The van der Waals surface area contributed by atoms with E-state index < -0.39 is 23.5 Å². The Hall–Kier alpha value is -7.24. The normalized spacial score (nSPS) is 15.6. The Kier molecular flexibility index (Phi) is 27.9. The Morgan fingerprint density at radius 3 is 1.57 bits per heavy atom. The first-order valence-corrected chi connectivity index (χ1v) is 42.7. The van der Waals surface area contributed by atoms with Gasteiger partial charge in [-0.1, -0.05) is 113 Å². The van der Waals surface area contributed by atoms with Crippen molar-refractivity contribution in [1.29, 1.82) is 0 Å². The van der Waals surface area contributed by atoms with Gasteiger partial charge in [0.05, 0.1) is 35.1 Å². The SMILES string of the molecule is C.CC1(C)CCc2sc3c(c2C1)C(N)=NC(=S)C3.Cc1sc2c(c(N)nc(=S)n2Cc2ccccc2)c1C.Cc1sc2c(c1C(F)(F)F)C(N)=NC(=S)C2.Cc1sc2c(c1C)C(N)=NC(=S)C2.Cc1sc2nc(OCCO)nc(N)c2c1C(F)(F)F.NC1=NC(=S)Cc2sc3c(c21)CCCC3.NC1=NC(=S)Cc2sccc21. The summed E-state index contributed by atoms with van der Waals surface area (Å²) >= 11 is 41.5. The number of benzene rings is 1. The van der Waals surface area contributed by atoms with Crippen LogP contribution in [0.15, 0.2) is 66.7 Å². The van der Waals surface area contributed by atoms with E-state index in [-0.39, 0.29) is 70.3 Å². The van der Waals surface area contributed by atoms with Crippen molar-refractivity contribution in [3.8, 4) is 6.01 Å². The lowest BCUT2D eigenvalue weighted by molar-refractivity contribution is -0.138. The van der Waals surface area contributed by atoms with E-state index in [4.69, 9.17) is 123 Å². The molecule has 2 aliphatic carbocycles. The number of rotatable bonds is 5. The van der Waals surface area contributed by atoms with Crippen molar-refractivity contribution in [3.05, 3.63) is 167 Å². The molecule has 5 aliphatic heterocycles. The third kappa shape index (κ3) is 19.6. The van der Waals surface area contributed by atoms with Crippen LogP contribution < -0.4 is 44.9 Å². The number of nitrogens with zero attached hydrogens (tertiary/aromatic N) is 9. The smallest absolute Gasteiger partial charge is 0.418 e. The summed E-state index contributed by atoms with van der Waals surface area (Å²) in [6.45, 7) is 16.3. The van der Waals surface area contributed by atoms with Crippen molar-refractivity contribution < 1.29 is 36.2 Å². The van der Waals surface area contributed by atoms with Gasteiger partial charge in [-0.05, 0) is 143 Å². The maximum Gasteiger partial charge on any atom is 0.418 e. The van der Waals surface area contributed by atoms with Crippen LogP contribution in [0.3, 0.4) is 0 Å². The molecule has 0 atom stereocenters. The van der Waals surface area contributed by atoms with Crippen LogP contribution in [0.25, 0.3) is 20.4 Å². The number of nitrogen functional groups attached to an aromatic ring is 2. The summed E-state index contributed by atoms with van der Waals surface area (Å²) in [5, 5.41) is 11.5. The van der Waals surface area contributed by atoms with E-state index in [1.165, 1.54) is 130 Å². The largest absolute Gasteiger partial charge is 0.461 e. The molecule has 112 heavy (non-hydrogen) atoms. The van der Waals surface area contributed by atoms with Gasteiger partial charge in [0.2, 0.25) is 4.77 Å². The number of aliphatic hydroxyl groups excluding tert-OH is 1. The van der Waals surface area contributed by atoms with Crippen molar-refractivity contribution >= 4 is 239 Å². The highest BCUT2D eigenvalue weighted by atomic mass is 32.1. The molecule has 7 aliphatic rings. The molecule has 10 aromatic rings. The number of fused-ring (bicyclic) bond motifs is 11.